The van der Waals surface area contributed by atoms with Crippen LogP contribution in [0.5, 0.6) is 5.75 Å². The van der Waals surface area contributed by atoms with Crippen LogP contribution < -0.4 is 10.1 Å². The summed E-state index contributed by atoms with van der Waals surface area (Å²) in [6.45, 7) is 2.81. The fourth-order valence-corrected chi connectivity index (χ4v) is 2.35. The molecule has 2 unspecified atom stereocenters. The van der Waals surface area contributed by atoms with Gasteiger partial charge in [-0.05, 0) is 29.7 Å². The average molecular weight is 285 g/mol. The van der Waals surface area contributed by atoms with Gasteiger partial charge in [0.25, 0.3) is 0 Å². The number of benzene rings is 2. The van der Waals surface area contributed by atoms with Crippen molar-refractivity contribution in [3.05, 3.63) is 65.7 Å². The van der Waals surface area contributed by atoms with Crippen molar-refractivity contribution in [1.29, 1.82) is 0 Å². The average Bonchev–Trinajstić information content (AvgIpc) is 2.56. The van der Waals surface area contributed by atoms with E-state index in [1.165, 1.54) is 5.56 Å². The van der Waals surface area contributed by atoms with Gasteiger partial charge in [0.1, 0.15) is 5.75 Å². The van der Waals surface area contributed by atoms with Gasteiger partial charge in [0.05, 0.1) is 13.2 Å². The molecule has 112 valence electrons. The fourth-order valence-electron chi connectivity index (χ4n) is 2.35. The van der Waals surface area contributed by atoms with Crippen molar-refractivity contribution in [3.63, 3.8) is 0 Å². The fraction of sp³-hybridized carbons (Fsp3) is 0.333. The summed E-state index contributed by atoms with van der Waals surface area (Å²) in [4.78, 5) is 0. The molecule has 0 aromatic heterocycles. The lowest BCUT2D eigenvalue weighted by molar-refractivity contribution is 0.125. The van der Waals surface area contributed by atoms with Crippen molar-refractivity contribution >= 4 is 0 Å². The van der Waals surface area contributed by atoms with Crippen molar-refractivity contribution in [2.75, 3.05) is 7.11 Å². The van der Waals surface area contributed by atoms with E-state index >= 15 is 0 Å². The normalized spacial score (nSPS) is 13.7. The van der Waals surface area contributed by atoms with E-state index in [0.29, 0.717) is 0 Å². The molecule has 0 heterocycles. The molecule has 0 spiro atoms. The second-order valence-corrected chi connectivity index (χ2v) is 5.10. The number of aliphatic hydroxyl groups is 1. The van der Waals surface area contributed by atoms with Crippen LogP contribution in [0.2, 0.25) is 0 Å². The SMILES string of the molecule is CCC(NCc1ccc(OC)cc1)C(O)c1ccccc1. The molecule has 0 fully saturated rings. The largest absolute Gasteiger partial charge is 0.497 e. The van der Waals surface area contributed by atoms with Crippen LogP contribution in [0.4, 0.5) is 0 Å². The van der Waals surface area contributed by atoms with Crippen LogP contribution in [0.25, 0.3) is 0 Å². The van der Waals surface area contributed by atoms with Crippen molar-refractivity contribution < 1.29 is 9.84 Å². The van der Waals surface area contributed by atoms with Gasteiger partial charge in [-0.1, -0.05) is 49.4 Å². The summed E-state index contributed by atoms with van der Waals surface area (Å²) in [5.41, 5.74) is 2.13. The van der Waals surface area contributed by atoms with Crippen LogP contribution in [0.1, 0.15) is 30.6 Å². The number of aliphatic hydroxyl groups excluding tert-OH is 1. The summed E-state index contributed by atoms with van der Waals surface area (Å²) >= 11 is 0. The standard InChI is InChI=1S/C18H23NO2/c1-3-17(18(20)15-7-5-4-6-8-15)19-13-14-9-11-16(21-2)12-10-14/h4-12,17-20H,3,13H2,1-2H3. The van der Waals surface area contributed by atoms with Gasteiger partial charge in [0, 0.05) is 12.6 Å². The van der Waals surface area contributed by atoms with Crippen LogP contribution >= 0.6 is 0 Å². The molecule has 2 atom stereocenters. The molecular weight excluding hydrogens is 262 g/mol. The summed E-state index contributed by atoms with van der Waals surface area (Å²) in [5, 5.41) is 13.9. The Morgan fingerprint density at radius 2 is 1.71 bits per heavy atom. The monoisotopic (exact) mass is 285 g/mol. The Morgan fingerprint density at radius 1 is 1.05 bits per heavy atom. The van der Waals surface area contributed by atoms with Crippen molar-refractivity contribution in [3.8, 4) is 5.75 Å². The molecule has 0 aliphatic rings. The van der Waals surface area contributed by atoms with Crippen LogP contribution in [0.3, 0.4) is 0 Å². The van der Waals surface area contributed by atoms with E-state index in [9.17, 15) is 5.11 Å². The summed E-state index contributed by atoms with van der Waals surface area (Å²) in [5.74, 6) is 0.857. The first-order valence-corrected chi connectivity index (χ1v) is 7.34. The number of methoxy groups -OCH3 is 1. The number of hydrogen-bond donors (Lipinski definition) is 2. The third-order valence-corrected chi connectivity index (χ3v) is 3.69. The Kier molecular flexibility index (Phi) is 5.78. The Labute approximate surface area is 126 Å². The van der Waals surface area contributed by atoms with Crippen LogP contribution in [-0.2, 0) is 6.54 Å². The van der Waals surface area contributed by atoms with E-state index in [2.05, 4.69) is 12.2 Å². The predicted molar refractivity (Wildman–Crippen MR) is 85.3 cm³/mol. The Morgan fingerprint density at radius 3 is 2.29 bits per heavy atom. The summed E-state index contributed by atoms with van der Waals surface area (Å²) in [6.07, 6.45) is 0.376. The van der Waals surface area contributed by atoms with Crippen LogP contribution in [0, 0.1) is 0 Å². The van der Waals surface area contributed by atoms with Gasteiger partial charge in [-0.3, -0.25) is 0 Å². The summed E-state index contributed by atoms with van der Waals surface area (Å²) < 4.78 is 5.15. The first kappa shape index (κ1) is 15.5. The molecule has 0 radical (unpaired) electrons. The topological polar surface area (TPSA) is 41.5 Å². The smallest absolute Gasteiger partial charge is 0.118 e. The van der Waals surface area contributed by atoms with Gasteiger partial charge in [-0.25, -0.2) is 0 Å². The molecule has 2 rings (SSSR count). The van der Waals surface area contributed by atoms with Gasteiger partial charge in [-0.15, -0.1) is 0 Å². The maximum Gasteiger partial charge on any atom is 0.118 e. The molecular formula is C18H23NO2. The highest BCUT2D eigenvalue weighted by Crippen LogP contribution is 2.19. The molecule has 2 N–H and O–H groups in total. The maximum atomic E-state index is 10.5. The predicted octanol–water partition coefficient (Wildman–Crippen LogP) is 3.30. The number of nitrogens with one attached hydrogen (secondary N) is 1. The first-order valence-electron chi connectivity index (χ1n) is 7.34. The zero-order chi connectivity index (χ0) is 15.1. The molecule has 0 saturated carbocycles. The van der Waals surface area contributed by atoms with E-state index in [1.807, 2.05) is 54.6 Å². The molecule has 0 aliphatic carbocycles. The minimum absolute atomic E-state index is 0.0366. The Balaban J connectivity index is 1.95. The van der Waals surface area contributed by atoms with Crippen LogP contribution in [-0.4, -0.2) is 18.3 Å². The highest BCUT2D eigenvalue weighted by atomic mass is 16.5. The molecule has 2 aromatic rings. The number of rotatable bonds is 7. The van der Waals surface area contributed by atoms with Gasteiger partial charge >= 0.3 is 0 Å². The molecule has 0 saturated heterocycles. The van der Waals surface area contributed by atoms with Gasteiger partial charge in [-0.2, -0.15) is 0 Å². The summed E-state index contributed by atoms with van der Waals surface area (Å²) in [7, 11) is 1.66. The number of hydrogen-bond acceptors (Lipinski definition) is 3. The molecule has 0 aliphatic heterocycles. The highest BCUT2D eigenvalue weighted by molar-refractivity contribution is 5.27. The third kappa shape index (κ3) is 4.31. The first-order chi connectivity index (χ1) is 10.2. The highest BCUT2D eigenvalue weighted by Gasteiger charge is 2.18. The molecule has 2 aromatic carbocycles. The molecule has 0 bridgehead atoms. The Bertz CT molecular complexity index is 525. The third-order valence-electron chi connectivity index (χ3n) is 3.69. The second-order valence-electron chi connectivity index (χ2n) is 5.10. The van der Waals surface area contributed by atoms with Crippen LogP contribution in [0.15, 0.2) is 54.6 Å². The lowest BCUT2D eigenvalue weighted by atomic mass is 10.00. The zero-order valence-electron chi connectivity index (χ0n) is 12.6. The van der Waals surface area contributed by atoms with Crippen molar-refractivity contribution in [2.24, 2.45) is 0 Å². The van der Waals surface area contributed by atoms with E-state index in [0.717, 1.165) is 24.3 Å². The van der Waals surface area contributed by atoms with Crippen molar-refractivity contribution in [2.45, 2.75) is 32.0 Å². The lowest BCUT2D eigenvalue weighted by Crippen LogP contribution is -2.34. The summed E-state index contributed by atoms with van der Waals surface area (Å²) in [6, 6.07) is 17.8. The van der Waals surface area contributed by atoms with Gasteiger partial charge in [0.2, 0.25) is 0 Å². The van der Waals surface area contributed by atoms with E-state index in [1.54, 1.807) is 7.11 Å². The molecule has 0 amide bonds. The molecule has 21 heavy (non-hydrogen) atoms. The van der Waals surface area contributed by atoms with E-state index in [4.69, 9.17) is 4.74 Å². The molecule has 3 heteroatoms. The lowest BCUT2D eigenvalue weighted by Gasteiger charge is -2.23. The Hall–Kier alpha value is -1.84. The van der Waals surface area contributed by atoms with Gasteiger partial charge in [0.15, 0.2) is 0 Å². The van der Waals surface area contributed by atoms with E-state index in [-0.39, 0.29) is 6.04 Å². The minimum Gasteiger partial charge on any atom is -0.497 e. The quantitative estimate of drug-likeness (QED) is 0.820. The van der Waals surface area contributed by atoms with Crippen molar-refractivity contribution in [1.82, 2.24) is 5.32 Å². The minimum atomic E-state index is -0.491. The van der Waals surface area contributed by atoms with E-state index < -0.39 is 6.10 Å². The second kappa shape index (κ2) is 7.81. The maximum absolute atomic E-state index is 10.5. The van der Waals surface area contributed by atoms with Gasteiger partial charge < -0.3 is 15.2 Å². The zero-order valence-corrected chi connectivity index (χ0v) is 12.6. The number of ether oxygens (including phenoxy) is 1. The molecule has 3 nitrogen and oxygen atoms in total.